The second kappa shape index (κ2) is 4.07. The summed E-state index contributed by atoms with van der Waals surface area (Å²) in [5, 5.41) is 0. The number of rotatable bonds is 4. The number of nitrogens with zero attached hydrogens (tertiary/aromatic N) is 1. The van der Waals surface area contributed by atoms with E-state index in [2.05, 4.69) is 25.8 Å². The lowest BCUT2D eigenvalue weighted by Crippen LogP contribution is -2.49. The minimum absolute atomic E-state index is 0.527. The van der Waals surface area contributed by atoms with E-state index >= 15 is 0 Å². The standard InChI is InChI=1S/C9H19NO/c1-8(2)4-5-11-9-6-10(3)7-9/h8-9H,4-7H2,1-3H3. The molecule has 1 saturated heterocycles. The number of hydrogen-bond acceptors (Lipinski definition) is 2. The molecule has 0 saturated carbocycles. The molecule has 0 radical (unpaired) electrons. The first-order valence-corrected chi connectivity index (χ1v) is 4.48. The lowest BCUT2D eigenvalue weighted by molar-refractivity contribution is -0.0460. The van der Waals surface area contributed by atoms with E-state index in [-0.39, 0.29) is 0 Å². The fraction of sp³-hybridized carbons (Fsp3) is 1.00. The number of likely N-dealkylation sites (N-methyl/N-ethyl adjacent to an activating group) is 1. The third kappa shape index (κ3) is 3.21. The molecule has 0 aliphatic carbocycles. The van der Waals surface area contributed by atoms with Crippen molar-refractivity contribution in [2.24, 2.45) is 5.92 Å². The van der Waals surface area contributed by atoms with Crippen LogP contribution in [0.25, 0.3) is 0 Å². The topological polar surface area (TPSA) is 12.5 Å². The molecule has 0 bridgehead atoms. The molecule has 2 nitrogen and oxygen atoms in total. The Morgan fingerprint density at radius 3 is 2.55 bits per heavy atom. The van der Waals surface area contributed by atoms with Gasteiger partial charge in [0.2, 0.25) is 0 Å². The van der Waals surface area contributed by atoms with Gasteiger partial charge in [-0.05, 0) is 19.4 Å². The van der Waals surface area contributed by atoms with Crippen molar-refractivity contribution in [2.75, 3.05) is 26.7 Å². The second-order valence-corrected chi connectivity index (χ2v) is 3.90. The molecule has 0 aromatic rings. The molecule has 1 fully saturated rings. The van der Waals surface area contributed by atoms with Crippen LogP contribution in [0, 0.1) is 5.92 Å². The number of hydrogen-bond donors (Lipinski definition) is 0. The van der Waals surface area contributed by atoms with Gasteiger partial charge in [0.1, 0.15) is 0 Å². The maximum absolute atomic E-state index is 5.62. The van der Waals surface area contributed by atoms with Crippen LogP contribution < -0.4 is 0 Å². The average molecular weight is 157 g/mol. The third-order valence-corrected chi connectivity index (χ3v) is 2.08. The highest BCUT2D eigenvalue weighted by Crippen LogP contribution is 2.09. The van der Waals surface area contributed by atoms with Crippen LogP contribution >= 0.6 is 0 Å². The first-order chi connectivity index (χ1) is 5.18. The van der Waals surface area contributed by atoms with Crippen LogP contribution in [0.5, 0.6) is 0 Å². The first kappa shape index (κ1) is 9.01. The summed E-state index contributed by atoms with van der Waals surface area (Å²) in [6.07, 6.45) is 1.72. The van der Waals surface area contributed by atoms with Crippen molar-refractivity contribution < 1.29 is 4.74 Å². The molecule has 0 aromatic heterocycles. The van der Waals surface area contributed by atoms with Crippen molar-refractivity contribution in [3.05, 3.63) is 0 Å². The Hall–Kier alpha value is -0.0800. The molecular weight excluding hydrogens is 138 g/mol. The quantitative estimate of drug-likeness (QED) is 0.611. The average Bonchev–Trinajstić information content (AvgIpc) is 1.83. The molecular formula is C9H19NO. The minimum atomic E-state index is 0.527. The maximum Gasteiger partial charge on any atom is 0.0828 e. The fourth-order valence-electron chi connectivity index (χ4n) is 1.22. The molecule has 1 aliphatic rings. The minimum Gasteiger partial charge on any atom is -0.376 e. The summed E-state index contributed by atoms with van der Waals surface area (Å²) in [7, 11) is 2.13. The van der Waals surface area contributed by atoms with Crippen molar-refractivity contribution in [3.8, 4) is 0 Å². The lowest BCUT2D eigenvalue weighted by atomic mass is 10.1. The molecule has 0 spiro atoms. The van der Waals surface area contributed by atoms with Gasteiger partial charge in [0.15, 0.2) is 0 Å². The Balaban J connectivity index is 1.89. The zero-order valence-corrected chi connectivity index (χ0v) is 7.84. The Morgan fingerprint density at radius 2 is 2.09 bits per heavy atom. The van der Waals surface area contributed by atoms with Gasteiger partial charge < -0.3 is 9.64 Å². The van der Waals surface area contributed by atoms with Gasteiger partial charge in [-0.2, -0.15) is 0 Å². The molecule has 1 rings (SSSR count). The molecule has 66 valence electrons. The van der Waals surface area contributed by atoms with Crippen molar-refractivity contribution in [1.82, 2.24) is 4.90 Å². The normalized spacial score (nSPS) is 20.7. The zero-order valence-electron chi connectivity index (χ0n) is 7.84. The summed E-state index contributed by atoms with van der Waals surface area (Å²) in [6, 6.07) is 0. The summed E-state index contributed by atoms with van der Waals surface area (Å²) >= 11 is 0. The van der Waals surface area contributed by atoms with Gasteiger partial charge in [0.25, 0.3) is 0 Å². The predicted octanol–water partition coefficient (Wildman–Crippen LogP) is 1.36. The van der Waals surface area contributed by atoms with Crippen LogP contribution in [0.1, 0.15) is 20.3 Å². The number of likely N-dealkylation sites (tertiary alicyclic amines) is 1. The first-order valence-electron chi connectivity index (χ1n) is 4.48. The van der Waals surface area contributed by atoms with Crippen LogP contribution in [0.3, 0.4) is 0 Å². The predicted molar refractivity (Wildman–Crippen MR) is 46.7 cm³/mol. The van der Waals surface area contributed by atoms with Crippen molar-refractivity contribution in [1.29, 1.82) is 0 Å². The molecule has 0 amide bonds. The third-order valence-electron chi connectivity index (χ3n) is 2.08. The Bertz CT molecular complexity index is 108. The molecule has 0 N–H and O–H groups in total. The van der Waals surface area contributed by atoms with E-state index in [1.54, 1.807) is 0 Å². The largest absolute Gasteiger partial charge is 0.376 e. The van der Waals surface area contributed by atoms with Crippen LogP contribution in [-0.2, 0) is 4.74 Å². The van der Waals surface area contributed by atoms with Gasteiger partial charge >= 0.3 is 0 Å². The zero-order chi connectivity index (χ0) is 8.27. The fourth-order valence-corrected chi connectivity index (χ4v) is 1.22. The summed E-state index contributed by atoms with van der Waals surface area (Å²) in [5.41, 5.74) is 0. The maximum atomic E-state index is 5.62. The van der Waals surface area contributed by atoms with E-state index < -0.39 is 0 Å². The van der Waals surface area contributed by atoms with E-state index in [1.807, 2.05) is 0 Å². The van der Waals surface area contributed by atoms with E-state index in [4.69, 9.17) is 4.74 Å². The van der Waals surface area contributed by atoms with E-state index in [0.29, 0.717) is 6.10 Å². The van der Waals surface area contributed by atoms with Crippen molar-refractivity contribution in [2.45, 2.75) is 26.4 Å². The Morgan fingerprint density at radius 1 is 1.45 bits per heavy atom. The molecule has 1 aliphatic heterocycles. The van der Waals surface area contributed by atoms with E-state index in [0.717, 1.165) is 25.6 Å². The number of ether oxygens (including phenoxy) is 1. The van der Waals surface area contributed by atoms with Crippen LogP contribution in [0.2, 0.25) is 0 Å². The second-order valence-electron chi connectivity index (χ2n) is 3.90. The summed E-state index contributed by atoms with van der Waals surface area (Å²) in [5.74, 6) is 0.771. The van der Waals surface area contributed by atoms with Crippen LogP contribution in [0.4, 0.5) is 0 Å². The summed E-state index contributed by atoms with van der Waals surface area (Å²) in [4.78, 5) is 2.28. The van der Waals surface area contributed by atoms with Gasteiger partial charge in [-0.15, -0.1) is 0 Å². The van der Waals surface area contributed by atoms with Crippen molar-refractivity contribution >= 4 is 0 Å². The molecule has 2 heteroatoms. The molecule has 0 atom stereocenters. The van der Waals surface area contributed by atoms with E-state index in [1.165, 1.54) is 6.42 Å². The molecule has 0 unspecified atom stereocenters. The smallest absolute Gasteiger partial charge is 0.0828 e. The van der Waals surface area contributed by atoms with Crippen LogP contribution in [0.15, 0.2) is 0 Å². The summed E-state index contributed by atoms with van der Waals surface area (Å²) in [6.45, 7) is 7.65. The van der Waals surface area contributed by atoms with Crippen molar-refractivity contribution in [3.63, 3.8) is 0 Å². The Labute approximate surface area is 69.5 Å². The monoisotopic (exact) mass is 157 g/mol. The summed E-state index contributed by atoms with van der Waals surface area (Å²) < 4.78 is 5.62. The lowest BCUT2D eigenvalue weighted by Gasteiger charge is -2.35. The highest BCUT2D eigenvalue weighted by molar-refractivity contribution is 4.76. The molecule has 11 heavy (non-hydrogen) atoms. The van der Waals surface area contributed by atoms with Gasteiger partial charge in [0, 0.05) is 19.7 Å². The van der Waals surface area contributed by atoms with Gasteiger partial charge in [0.05, 0.1) is 6.10 Å². The highest BCUT2D eigenvalue weighted by Gasteiger charge is 2.23. The van der Waals surface area contributed by atoms with Gasteiger partial charge in [-0.1, -0.05) is 13.8 Å². The molecule has 1 heterocycles. The highest BCUT2D eigenvalue weighted by atomic mass is 16.5. The van der Waals surface area contributed by atoms with Crippen LogP contribution in [-0.4, -0.2) is 37.7 Å². The van der Waals surface area contributed by atoms with Gasteiger partial charge in [-0.3, -0.25) is 0 Å². The SMILES string of the molecule is CC(C)CCOC1CN(C)C1. The van der Waals surface area contributed by atoms with E-state index in [9.17, 15) is 0 Å². The Kier molecular flexibility index (Phi) is 3.34. The molecule has 0 aromatic carbocycles. The van der Waals surface area contributed by atoms with Gasteiger partial charge in [-0.25, -0.2) is 0 Å².